The summed E-state index contributed by atoms with van der Waals surface area (Å²) in [6.45, 7) is 0. The molecule has 0 radical (unpaired) electrons. The molecule has 240 valence electrons. The van der Waals surface area contributed by atoms with Crippen molar-refractivity contribution in [3.63, 3.8) is 0 Å². The molecule has 1 aliphatic carbocycles. The molecule has 0 fully saturated rings. The smallest absolute Gasteiger partial charge is 0.180 e. The Labute approximate surface area is 297 Å². The minimum atomic E-state index is 0.668. The van der Waals surface area contributed by atoms with Gasteiger partial charge in [0.25, 0.3) is 0 Å². The van der Waals surface area contributed by atoms with Gasteiger partial charge in [0.2, 0.25) is 0 Å². The van der Waals surface area contributed by atoms with Crippen molar-refractivity contribution in [1.29, 1.82) is 0 Å². The number of rotatable bonds is 3. The second-order valence-electron chi connectivity index (χ2n) is 13.7. The van der Waals surface area contributed by atoms with Gasteiger partial charge in [0, 0.05) is 33.0 Å². The predicted octanol–water partition coefficient (Wildman–Crippen LogP) is 12.8. The van der Waals surface area contributed by atoms with Crippen LogP contribution in [0.3, 0.4) is 0 Å². The van der Waals surface area contributed by atoms with Gasteiger partial charge in [-0.05, 0) is 98.4 Å². The molecule has 3 heterocycles. The van der Waals surface area contributed by atoms with Crippen LogP contribution in [0, 0.1) is 0 Å². The summed E-state index contributed by atoms with van der Waals surface area (Å²) in [4.78, 5) is 10.3. The third kappa shape index (κ3) is 3.75. The molecule has 0 bridgehead atoms. The predicted molar refractivity (Wildman–Crippen MR) is 214 cm³/mol. The van der Waals surface area contributed by atoms with E-state index in [0.717, 1.165) is 39.0 Å². The van der Waals surface area contributed by atoms with E-state index in [9.17, 15) is 0 Å². The monoisotopic (exact) mass is 661 g/mol. The molecule has 8 aromatic carbocycles. The zero-order chi connectivity index (χ0) is 33.9. The Kier molecular flexibility index (Phi) is 5.47. The molecule has 12 rings (SSSR count). The van der Waals surface area contributed by atoms with Gasteiger partial charge in [0.15, 0.2) is 11.4 Å². The Hall–Kier alpha value is -7.04. The topological polar surface area (TPSA) is 43.9 Å². The molecule has 0 saturated carbocycles. The fourth-order valence-electron chi connectivity index (χ4n) is 8.61. The first-order valence-electron chi connectivity index (χ1n) is 17.7. The minimum absolute atomic E-state index is 0.668. The van der Waals surface area contributed by atoms with E-state index in [1.54, 1.807) is 0 Å². The van der Waals surface area contributed by atoms with Crippen molar-refractivity contribution in [2.75, 3.05) is 0 Å². The lowest BCUT2D eigenvalue weighted by Crippen LogP contribution is -1.96. The average molecular weight is 662 g/mol. The highest BCUT2D eigenvalue weighted by atomic mass is 16.3. The lowest BCUT2D eigenvalue weighted by atomic mass is 9.97. The van der Waals surface area contributed by atoms with Crippen LogP contribution in [0.4, 0.5) is 0 Å². The highest BCUT2D eigenvalue weighted by Gasteiger charge is 2.26. The van der Waals surface area contributed by atoms with E-state index >= 15 is 0 Å². The van der Waals surface area contributed by atoms with Crippen LogP contribution in [0.15, 0.2) is 168 Å². The van der Waals surface area contributed by atoms with E-state index in [2.05, 4.69) is 132 Å². The average Bonchev–Trinajstić information content (AvgIpc) is 3.85. The van der Waals surface area contributed by atoms with Gasteiger partial charge in [0.1, 0.15) is 16.8 Å². The Morgan fingerprint density at radius 2 is 1.13 bits per heavy atom. The number of nitrogens with zero attached hydrogens (tertiary/aromatic N) is 3. The largest absolute Gasteiger partial charge is 0.452 e. The van der Waals surface area contributed by atoms with Crippen LogP contribution in [0.2, 0.25) is 0 Å². The van der Waals surface area contributed by atoms with Gasteiger partial charge >= 0.3 is 0 Å². The summed E-state index contributed by atoms with van der Waals surface area (Å²) >= 11 is 0. The van der Waals surface area contributed by atoms with Crippen molar-refractivity contribution >= 4 is 65.4 Å². The molecule has 4 nitrogen and oxygen atoms in total. The normalized spacial score (nSPS) is 12.2. The maximum absolute atomic E-state index is 6.36. The van der Waals surface area contributed by atoms with Gasteiger partial charge in [-0.25, -0.2) is 9.97 Å². The summed E-state index contributed by atoms with van der Waals surface area (Å²) in [5, 5.41) is 8.62. The van der Waals surface area contributed by atoms with Gasteiger partial charge in [-0.2, -0.15) is 0 Å². The molecule has 3 aromatic heterocycles. The number of hydrogen-bond acceptors (Lipinski definition) is 3. The lowest BCUT2D eigenvalue weighted by Gasteiger charge is -2.11. The summed E-state index contributed by atoms with van der Waals surface area (Å²) in [5.74, 6) is 0.668. The number of fused-ring (bicyclic) bond motifs is 11. The van der Waals surface area contributed by atoms with Crippen molar-refractivity contribution in [2.24, 2.45) is 0 Å². The Morgan fingerprint density at radius 1 is 0.442 bits per heavy atom. The fourth-order valence-corrected chi connectivity index (χ4v) is 8.61. The maximum Gasteiger partial charge on any atom is 0.180 e. The summed E-state index contributed by atoms with van der Waals surface area (Å²) in [6.07, 6.45) is 0. The van der Waals surface area contributed by atoms with Crippen molar-refractivity contribution in [2.45, 2.75) is 0 Å². The number of para-hydroxylation sites is 1. The summed E-state index contributed by atoms with van der Waals surface area (Å²) in [6, 6.07) is 58.4. The molecule has 0 amide bonds. The summed E-state index contributed by atoms with van der Waals surface area (Å²) in [7, 11) is 0. The van der Waals surface area contributed by atoms with Crippen LogP contribution in [0.1, 0.15) is 0 Å². The first-order valence-corrected chi connectivity index (χ1v) is 17.7. The molecule has 1 aliphatic rings. The molecule has 4 heteroatoms. The first-order chi connectivity index (χ1) is 25.8. The van der Waals surface area contributed by atoms with E-state index in [0.29, 0.717) is 11.4 Å². The zero-order valence-electron chi connectivity index (χ0n) is 27.8. The van der Waals surface area contributed by atoms with Crippen molar-refractivity contribution in [3.05, 3.63) is 164 Å². The summed E-state index contributed by atoms with van der Waals surface area (Å²) in [5.41, 5.74) is 13.7. The van der Waals surface area contributed by atoms with Gasteiger partial charge in [0.05, 0.1) is 11.0 Å². The van der Waals surface area contributed by atoms with Gasteiger partial charge in [-0.15, -0.1) is 0 Å². The molecular formula is C48H27N3O. The third-order valence-electron chi connectivity index (χ3n) is 10.9. The molecule has 11 aromatic rings. The number of furan rings is 1. The van der Waals surface area contributed by atoms with Crippen molar-refractivity contribution < 1.29 is 4.42 Å². The van der Waals surface area contributed by atoms with E-state index in [4.69, 9.17) is 14.4 Å². The molecular weight excluding hydrogens is 635 g/mol. The highest BCUT2D eigenvalue weighted by molar-refractivity contribution is 6.30. The van der Waals surface area contributed by atoms with Crippen LogP contribution in [0.5, 0.6) is 0 Å². The second kappa shape index (κ2) is 10.3. The number of aromatic nitrogens is 3. The standard InChI is InChI=1S/C48H27N3O/c1-2-11-28(12-3-1)45-47-46(36-17-8-9-20-42(36)52-47)50-48(49-45)29-21-23-32(24-22-29)51-40-26-31-14-5-4-13-30(31)25-39(40)44-37-19-10-18-35-33-15-6-7-16-34(33)38(43(35)37)27-41(44)51/h1-27H. The molecule has 0 spiro atoms. The molecule has 0 unspecified atom stereocenters. The van der Waals surface area contributed by atoms with E-state index in [-0.39, 0.29) is 0 Å². The fraction of sp³-hybridized carbons (Fsp3) is 0. The molecule has 0 aliphatic heterocycles. The van der Waals surface area contributed by atoms with E-state index in [1.165, 1.54) is 65.6 Å². The van der Waals surface area contributed by atoms with Crippen LogP contribution >= 0.6 is 0 Å². The molecule has 0 atom stereocenters. The number of benzene rings is 8. The Bertz CT molecular complexity index is 3280. The van der Waals surface area contributed by atoms with Gasteiger partial charge < -0.3 is 8.98 Å². The summed E-state index contributed by atoms with van der Waals surface area (Å²) < 4.78 is 8.79. The van der Waals surface area contributed by atoms with E-state index in [1.807, 2.05) is 36.4 Å². The van der Waals surface area contributed by atoms with Crippen molar-refractivity contribution in [1.82, 2.24) is 14.5 Å². The molecule has 0 N–H and O–H groups in total. The molecule has 0 saturated heterocycles. The van der Waals surface area contributed by atoms with Crippen molar-refractivity contribution in [3.8, 4) is 50.6 Å². The SMILES string of the molecule is c1ccc(-c2nc(-c3ccc(-n4c5cc6ccccc6cc5c5c6cccc7c6c(cc54)-c4ccccc4-7)cc3)nc3c2oc2ccccc23)cc1. The van der Waals surface area contributed by atoms with Gasteiger partial charge in [-0.3, -0.25) is 0 Å². The van der Waals surface area contributed by atoms with Gasteiger partial charge in [-0.1, -0.05) is 109 Å². The molecule has 52 heavy (non-hydrogen) atoms. The van der Waals surface area contributed by atoms with Crippen LogP contribution in [-0.2, 0) is 0 Å². The first kappa shape index (κ1) is 27.7. The van der Waals surface area contributed by atoms with Crippen LogP contribution in [0.25, 0.3) is 116 Å². The van der Waals surface area contributed by atoms with Crippen LogP contribution < -0.4 is 0 Å². The van der Waals surface area contributed by atoms with Crippen LogP contribution in [-0.4, -0.2) is 14.5 Å². The quantitative estimate of drug-likeness (QED) is 0.189. The second-order valence-corrected chi connectivity index (χ2v) is 13.7. The lowest BCUT2D eigenvalue weighted by molar-refractivity contribution is 0.667. The minimum Gasteiger partial charge on any atom is -0.452 e. The third-order valence-corrected chi connectivity index (χ3v) is 10.9. The van der Waals surface area contributed by atoms with E-state index < -0.39 is 0 Å². The Balaban J connectivity index is 1.11. The zero-order valence-corrected chi connectivity index (χ0v) is 27.8. The Morgan fingerprint density at radius 3 is 1.98 bits per heavy atom. The number of hydrogen-bond donors (Lipinski definition) is 0. The highest BCUT2D eigenvalue weighted by Crippen LogP contribution is 2.51. The maximum atomic E-state index is 6.36.